The molecule has 2 aromatic heterocycles. The van der Waals surface area contributed by atoms with E-state index in [-0.39, 0.29) is 11.3 Å². The van der Waals surface area contributed by atoms with Crippen LogP contribution in [0.25, 0.3) is 0 Å². The molecule has 0 aliphatic rings. The summed E-state index contributed by atoms with van der Waals surface area (Å²) in [5, 5.41) is 21.4. The van der Waals surface area contributed by atoms with Gasteiger partial charge in [0.15, 0.2) is 5.69 Å². The van der Waals surface area contributed by atoms with Crippen molar-refractivity contribution in [2.45, 2.75) is 13.8 Å². The Balaban J connectivity index is 2.32. The van der Waals surface area contributed by atoms with Gasteiger partial charge in [-0.15, -0.1) is 11.3 Å². The lowest BCUT2D eigenvalue weighted by Crippen LogP contribution is -2.14. The molecule has 0 saturated heterocycles. The van der Waals surface area contributed by atoms with Crippen molar-refractivity contribution in [2.24, 2.45) is 0 Å². The number of amides is 1. The van der Waals surface area contributed by atoms with Crippen molar-refractivity contribution >= 4 is 28.2 Å². The number of thiophene rings is 1. The molecule has 7 nitrogen and oxygen atoms in total. The molecule has 0 fully saturated rings. The SMILES string of the molecule is Cc1sc(NC(=O)c2cn[nH]n2)c(C(=O)O)c1C. The Bertz CT molecular complexity index is 603. The summed E-state index contributed by atoms with van der Waals surface area (Å²) in [4.78, 5) is 23.7. The van der Waals surface area contributed by atoms with Gasteiger partial charge in [0.25, 0.3) is 5.91 Å². The fourth-order valence-electron chi connectivity index (χ4n) is 1.45. The monoisotopic (exact) mass is 266 g/mol. The number of H-pyrrole nitrogens is 1. The fraction of sp³-hybridized carbons (Fsp3) is 0.200. The third-order valence-corrected chi connectivity index (χ3v) is 3.60. The average molecular weight is 266 g/mol. The topological polar surface area (TPSA) is 108 Å². The molecule has 94 valence electrons. The van der Waals surface area contributed by atoms with Crippen molar-refractivity contribution < 1.29 is 14.7 Å². The van der Waals surface area contributed by atoms with Crippen molar-refractivity contribution in [1.82, 2.24) is 15.4 Å². The van der Waals surface area contributed by atoms with Crippen molar-refractivity contribution in [1.29, 1.82) is 0 Å². The Morgan fingerprint density at radius 3 is 2.72 bits per heavy atom. The largest absolute Gasteiger partial charge is 0.478 e. The van der Waals surface area contributed by atoms with Crippen LogP contribution in [0, 0.1) is 13.8 Å². The Morgan fingerprint density at radius 2 is 2.17 bits per heavy atom. The van der Waals surface area contributed by atoms with Gasteiger partial charge in [0.2, 0.25) is 0 Å². The van der Waals surface area contributed by atoms with Crippen molar-refractivity contribution in [3.05, 3.63) is 27.9 Å². The van der Waals surface area contributed by atoms with Crippen LogP contribution in [-0.2, 0) is 0 Å². The molecule has 18 heavy (non-hydrogen) atoms. The van der Waals surface area contributed by atoms with E-state index in [0.29, 0.717) is 10.6 Å². The summed E-state index contributed by atoms with van der Waals surface area (Å²) >= 11 is 1.22. The van der Waals surface area contributed by atoms with Gasteiger partial charge in [0.05, 0.1) is 11.8 Å². The molecule has 0 saturated carbocycles. The highest BCUT2D eigenvalue weighted by Crippen LogP contribution is 2.32. The predicted octanol–water partition coefficient (Wildman–Crippen LogP) is 1.43. The fourth-order valence-corrected chi connectivity index (χ4v) is 2.50. The molecule has 0 radical (unpaired) electrons. The van der Waals surface area contributed by atoms with Gasteiger partial charge in [-0.2, -0.15) is 15.4 Å². The van der Waals surface area contributed by atoms with E-state index >= 15 is 0 Å². The number of hydrogen-bond acceptors (Lipinski definition) is 5. The molecule has 8 heteroatoms. The van der Waals surface area contributed by atoms with Gasteiger partial charge in [-0.05, 0) is 19.4 Å². The number of carboxylic acid groups (broad SMARTS) is 1. The van der Waals surface area contributed by atoms with Gasteiger partial charge in [-0.25, -0.2) is 4.79 Å². The minimum absolute atomic E-state index is 0.107. The first-order valence-electron chi connectivity index (χ1n) is 5.01. The Morgan fingerprint density at radius 1 is 1.44 bits per heavy atom. The third-order valence-electron chi connectivity index (χ3n) is 2.47. The highest BCUT2D eigenvalue weighted by Gasteiger charge is 2.21. The smallest absolute Gasteiger partial charge is 0.338 e. The van der Waals surface area contributed by atoms with Gasteiger partial charge >= 0.3 is 5.97 Å². The second kappa shape index (κ2) is 4.57. The van der Waals surface area contributed by atoms with Crippen LogP contribution >= 0.6 is 11.3 Å². The lowest BCUT2D eigenvalue weighted by Gasteiger charge is -2.01. The Hall–Kier alpha value is -2.22. The zero-order valence-corrected chi connectivity index (χ0v) is 10.5. The van der Waals surface area contributed by atoms with E-state index in [2.05, 4.69) is 20.7 Å². The highest BCUT2D eigenvalue weighted by molar-refractivity contribution is 7.16. The second-order valence-corrected chi connectivity index (χ2v) is 4.83. The van der Waals surface area contributed by atoms with E-state index in [9.17, 15) is 9.59 Å². The molecule has 0 bridgehead atoms. The quantitative estimate of drug-likeness (QED) is 0.778. The molecule has 0 aromatic carbocycles. The lowest BCUT2D eigenvalue weighted by atomic mass is 10.1. The number of nitrogens with zero attached hydrogens (tertiary/aromatic N) is 2. The summed E-state index contributed by atoms with van der Waals surface area (Å²) in [6, 6.07) is 0. The first kappa shape index (κ1) is 12.2. The van der Waals surface area contributed by atoms with Crippen molar-refractivity contribution in [3.63, 3.8) is 0 Å². The molecule has 2 heterocycles. The van der Waals surface area contributed by atoms with Crippen LogP contribution in [0.4, 0.5) is 5.00 Å². The number of nitrogens with one attached hydrogen (secondary N) is 2. The first-order chi connectivity index (χ1) is 8.50. The number of aromatic amines is 1. The number of hydrogen-bond donors (Lipinski definition) is 3. The van der Waals surface area contributed by atoms with Crippen LogP contribution in [-0.4, -0.2) is 32.4 Å². The average Bonchev–Trinajstić information content (AvgIpc) is 2.88. The Labute approximate surface area is 106 Å². The summed E-state index contributed by atoms with van der Waals surface area (Å²) < 4.78 is 0. The molecule has 0 aliphatic carbocycles. The van der Waals surface area contributed by atoms with Gasteiger partial charge < -0.3 is 10.4 Å². The predicted molar refractivity (Wildman–Crippen MR) is 65.1 cm³/mol. The number of aromatic nitrogens is 3. The van der Waals surface area contributed by atoms with Crippen LogP contribution in [0.2, 0.25) is 0 Å². The normalized spacial score (nSPS) is 10.3. The molecular weight excluding hydrogens is 256 g/mol. The maximum Gasteiger partial charge on any atom is 0.338 e. The van der Waals surface area contributed by atoms with Crippen LogP contribution in [0.15, 0.2) is 6.20 Å². The summed E-state index contributed by atoms with van der Waals surface area (Å²) in [6.07, 6.45) is 1.27. The van der Waals surface area contributed by atoms with E-state index in [1.54, 1.807) is 13.8 Å². The van der Waals surface area contributed by atoms with Gasteiger partial charge in [0, 0.05) is 4.88 Å². The maximum atomic E-state index is 11.8. The molecule has 3 N–H and O–H groups in total. The van der Waals surface area contributed by atoms with Crippen LogP contribution in [0.1, 0.15) is 31.3 Å². The van der Waals surface area contributed by atoms with E-state index in [1.807, 2.05) is 0 Å². The number of aryl methyl sites for hydroxylation is 1. The third kappa shape index (κ3) is 2.09. The molecule has 1 amide bonds. The van der Waals surface area contributed by atoms with Crippen LogP contribution in [0.3, 0.4) is 0 Å². The lowest BCUT2D eigenvalue weighted by molar-refractivity contribution is 0.0697. The summed E-state index contributed by atoms with van der Waals surface area (Å²) in [7, 11) is 0. The first-order valence-corrected chi connectivity index (χ1v) is 5.82. The highest BCUT2D eigenvalue weighted by atomic mass is 32.1. The van der Waals surface area contributed by atoms with Crippen LogP contribution in [0.5, 0.6) is 0 Å². The molecule has 2 rings (SSSR count). The Kier molecular flexibility index (Phi) is 3.11. The van der Waals surface area contributed by atoms with Gasteiger partial charge in [-0.1, -0.05) is 0 Å². The number of anilines is 1. The van der Waals surface area contributed by atoms with E-state index < -0.39 is 11.9 Å². The minimum atomic E-state index is -1.06. The molecule has 2 aromatic rings. The van der Waals surface area contributed by atoms with Crippen LogP contribution < -0.4 is 5.32 Å². The number of rotatable bonds is 3. The second-order valence-electron chi connectivity index (χ2n) is 3.60. The van der Waals surface area contributed by atoms with Gasteiger partial charge in [0.1, 0.15) is 5.00 Å². The number of aromatic carboxylic acids is 1. The van der Waals surface area contributed by atoms with Crippen molar-refractivity contribution in [3.8, 4) is 0 Å². The number of carbonyl (C=O) groups excluding carboxylic acids is 1. The van der Waals surface area contributed by atoms with E-state index in [4.69, 9.17) is 5.11 Å². The zero-order valence-electron chi connectivity index (χ0n) is 9.64. The molecule has 0 spiro atoms. The summed E-state index contributed by atoms with van der Waals surface area (Å²) in [5.41, 5.74) is 0.882. The minimum Gasteiger partial charge on any atom is -0.478 e. The number of carboxylic acids is 1. The number of carbonyl (C=O) groups is 2. The summed E-state index contributed by atoms with van der Waals surface area (Å²) in [5.74, 6) is -1.56. The van der Waals surface area contributed by atoms with E-state index in [0.717, 1.165) is 4.88 Å². The summed E-state index contributed by atoms with van der Waals surface area (Å²) in [6.45, 7) is 3.51. The van der Waals surface area contributed by atoms with Gasteiger partial charge in [-0.3, -0.25) is 4.79 Å². The molecule has 0 unspecified atom stereocenters. The zero-order chi connectivity index (χ0) is 13.3. The maximum absolute atomic E-state index is 11.8. The van der Waals surface area contributed by atoms with Crippen molar-refractivity contribution in [2.75, 3.05) is 5.32 Å². The standard InChI is InChI=1S/C10H10N4O3S/c1-4-5(2)18-9(7(4)10(16)17)12-8(15)6-3-11-14-13-6/h3H,1-2H3,(H,12,15)(H,16,17)(H,11,13,14). The van der Waals surface area contributed by atoms with E-state index in [1.165, 1.54) is 17.5 Å². The molecule has 0 aliphatic heterocycles. The molecular formula is C10H10N4O3S. The molecule has 0 atom stereocenters.